The molecule has 2 N–H and O–H groups in total. The molecule has 0 spiro atoms. The molecule has 0 amide bonds. The topological polar surface area (TPSA) is 44.7 Å². The highest BCUT2D eigenvalue weighted by atomic mass is 16.5. The maximum Gasteiger partial charge on any atom is 0.0616 e. The normalized spacial score (nSPS) is 30.3. The van der Waals surface area contributed by atoms with Crippen molar-refractivity contribution in [2.45, 2.75) is 57.0 Å². The second-order valence-electron chi connectivity index (χ2n) is 6.61. The molecule has 0 aliphatic heterocycles. The minimum absolute atomic E-state index is 0.0158. The molecule has 118 valence electrons. The smallest absolute Gasteiger partial charge is 0.0616 e. The van der Waals surface area contributed by atoms with Gasteiger partial charge >= 0.3 is 0 Å². The van der Waals surface area contributed by atoms with Gasteiger partial charge in [0.05, 0.1) is 13.2 Å². The van der Waals surface area contributed by atoms with Crippen LogP contribution in [0.1, 0.15) is 45.4 Å². The summed E-state index contributed by atoms with van der Waals surface area (Å²) in [5.41, 5.74) is 0.0158. The average Bonchev–Trinajstić information content (AvgIpc) is 3.16. The number of rotatable bonds is 10. The van der Waals surface area contributed by atoms with Crippen molar-refractivity contribution in [1.82, 2.24) is 10.2 Å². The number of aliphatic hydroxyl groups is 1. The summed E-state index contributed by atoms with van der Waals surface area (Å²) in [6.07, 6.45) is 7.44. The fourth-order valence-corrected chi connectivity index (χ4v) is 3.50. The van der Waals surface area contributed by atoms with Gasteiger partial charge in [0.2, 0.25) is 0 Å². The monoisotopic (exact) mass is 284 g/mol. The van der Waals surface area contributed by atoms with E-state index in [1.54, 1.807) is 0 Å². The zero-order valence-electron chi connectivity index (χ0n) is 13.2. The van der Waals surface area contributed by atoms with Crippen molar-refractivity contribution in [2.75, 3.05) is 40.0 Å². The van der Waals surface area contributed by atoms with Crippen LogP contribution in [0.15, 0.2) is 0 Å². The van der Waals surface area contributed by atoms with Crippen molar-refractivity contribution in [1.29, 1.82) is 0 Å². The van der Waals surface area contributed by atoms with E-state index in [2.05, 4.69) is 17.3 Å². The molecule has 0 heterocycles. The van der Waals surface area contributed by atoms with Crippen molar-refractivity contribution in [2.24, 2.45) is 5.92 Å². The Bertz CT molecular complexity index is 284. The van der Waals surface area contributed by atoms with Gasteiger partial charge in [0.1, 0.15) is 0 Å². The summed E-state index contributed by atoms with van der Waals surface area (Å²) in [5, 5.41) is 13.7. The van der Waals surface area contributed by atoms with Crippen molar-refractivity contribution in [3.63, 3.8) is 0 Å². The molecule has 2 fully saturated rings. The molecule has 4 nitrogen and oxygen atoms in total. The second-order valence-corrected chi connectivity index (χ2v) is 6.61. The first-order chi connectivity index (χ1) is 9.70. The minimum Gasteiger partial charge on any atom is -0.394 e. The highest BCUT2D eigenvalue weighted by molar-refractivity contribution is 5.03. The molecule has 20 heavy (non-hydrogen) atoms. The molecular weight excluding hydrogens is 252 g/mol. The Morgan fingerprint density at radius 2 is 2.10 bits per heavy atom. The zero-order chi connectivity index (χ0) is 14.4. The van der Waals surface area contributed by atoms with Crippen LogP contribution in [-0.2, 0) is 4.74 Å². The summed E-state index contributed by atoms with van der Waals surface area (Å²) in [6.45, 7) is 6.07. The van der Waals surface area contributed by atoms with E-state index >= 15 is 0 Å². The highest BCUT2D eigenvalue weighted by Gasteiger charge is 2.44. The first kappa shape index (κ1) is 16.2. The Morgan fingerprint density at radius 1 is 1.30 bits per heavy atom. The van der Waals surface area contributed by atoms with Crippen LogP contribution in [0.25, 0.3) is 0 Å². The third kappa shape index (κ3) is 4.42. The van der Waals surface area contributed by atoms with Crippen LogP contribution in [-0.4, -0.2) is 61.5 Å². The lowest BCUT2D eigenvalue weighted by Gasteiger charge is -2.36. The van der Waals surface area contributed by atoms with E-state index in [-0.39, 0.29) is 5.54 Å². The quantitative estimate of drug-likeness (QED) is 0.599. The minimum atomic E-state index is 0.0158. The Labute approximate surface area is 123 Å². The molecule has 4 heteroatoms. The van der Waals surface area contributed by atoms with Crippen LogP contribution in [0.4, 0.5) is 0 Å². The van der Waals surface area contributed by atoms with E-state index in [9.17, 15) is 5.11 Å². The van der Waals surface area contributed by atoms with Gasteiger partial charge in [-0.05, 0) is 58.5 Å². The van der Waals surface area contributed by atoms with Gasteiger partial charge in [-0.15, -0.1) is 0 Å². The molecule has 0 radical (unpaired) electrons. The standard InChI is InChI=1S/C16H32N2O2/c1-3-20-12-11-18(2)10-8-14-5-4-9-16(14,13-19)17-15-6-7-15/h14-15,17,19H,3-13H2,1-2H3. The second kappa shape index (κ2) is 7.74. The van der Waals surface area contributed by atoms with Crippen molar-refractivity contribution < 1.29 is 9.84 Å². The molecular formula is C16H32N2O2. The van der Waals surface area contributed by atoms with Gasteiger partial charge in [0.15, 0.2) is 0 Å². The molecule has 0 aromatic rings. The van der Waals surface area contributed by atoms with Crippen LogP contribution >= 0.6 is 0 Å². The average molecular weight is 284 g/mol. The lowest BCUT2D eigenvalue weighted by atomic mass is 9.85. The predicted molar refractivity (Wildman–Crippen MR) is 81.9 cm³/mol. The lowest BCUT2D eigenvalue weighted by molar-refractivity contribution is 0.0997. The lowest BCUT2D eigenvalue weighted by Crippen LogP contribution is -2.53. The third-order valence-electron chi connectivity index (χ3n) is 4.99. The van der Waals surface area contributed by atoms with Gasteiger partial charge in [0.25, 0.3) is 0 Å². The van der Waals surface area contributed by atoms with Gasteiger partial charge < -0.3 is 20.1 Å². The molecule has 2 atom stereocenters. The highest BCUT2D eigenvalue weighted by Crippen LogP contribution is 2.40. The van der Waals surface area contributed by atoms with Gasteiger partial charge in [-0.25, -0.2) is 0 Å². The molecule has 2 unspecified atom stereocenters. The van der Waals surface area contributed by atoms with Gasteiger partial charge in [0, 0.05) is 24.7 Å². The first-order valence-electron chi connectivity index (χ1n) is 8.35. The van der Waals surface area contributed by atoms with E-state index in [0.717, 1.165) is 32.7 Å². The number of likely N-dealkylation sites (N-methyl/N-ethyl adjacent to an activating group) is 1. The number of ether oxygens (including phenoxy) is 1. The van der Waals surface area contributed by atoms with Crippen LogP contribution in [0.5, 0.6) is 0 Å². The summed E-state index contributed by atoms with van der Waals surface area (Å²) in [6, 6.07) is 0.679. The summed E-state index contributed by atoms with van der Waals surface area (Å²) >= 11 is 0. The first-order valence-corrected chi connectivity index (χ1v) is 8.35. The van der Waals surface area contributed by atoms with E-state index < -0.39 is 0 Å². The molecule has 2 rings (SSSR count). The van der Waals surface area contributed by atoms with E-state index in [4.69, 9.17) is 4.74 Å². The predicted octanol–water partition coefficient (Wildman–Crippen LogP) is 1.63. The van der Waals surface area contributed by atoms with Crippen molar-refractivity contribution >= 4 is 0 Å². The Kier molecular flexibility index (Phi) is 6.27. The van der Waals surface area contributed by atoms with Crippen LogP contribution < -0.4 is 5.32 Å². The Balaban J connectivity index is 1.75. The maximum atomic E-state index is 9.91. The van der Waals surface area contributed by atoms with Crippen molar-refractivity contribution in [3.05, 3.63) is 0 Å². The number of hydrogen-bond acceptors (Lipinski definition) is 4. The van der Waals surface area contributed by atoms with E-state index in [1.807, 2.05) is 6.92 Å². The number of nitrogens with zero attached hydrogens (tertiary/aromatic N) is 1. The molecule has 0 aromatic carbocycles. The largest absolute Gasteiger partial charge is 0.394 e. The van der Waals surface area contributed by atoms with Gasteiger partial charge in [-0.1, -0.05) is 6.42 Å². The number of hydrogen-bond donors (Lipinski definition) is 2. The van der Waals surface area contributed by atoms with Crippen molar-refractivity contribution in [3.8, 4) is 0 Å². The summed E-state index contributed by atoms with van der Waals surface area (Å²) < 4.78 is 5.40. The number of aliphatic hydroxyl groups excluding tert-OH is 1. The van der Waals surface area contributed by atoms with Crippen LogP contribution in [0, 0.1) is 5.92 Å². The molecule has 0 aromatic heterocycles. The molecule has 2 aliphatic rings. The summed E-state index contributed by atoms with van der Waals surface area (Å²) in [5.74, 6) is 0.627. The summed E-state index contributed by atoms with van der Waals surface area (Å²) in [7, 11) is 2.17. The Morgan fingerprint density at radius 3 is 2.75 bits per heavy atom. The molecule has 0 bridgehead atoms. The maximum absolute atomic E-state index is 9.91. The molecule has 0 saturated heterocycles. The summed E-state index contributed by atoms with van der Waals surface area (Å²) in [4.78, 5) is 2.35. The van der Waals surface area contributed by atoms with Crippen LogP contribution in [0.3, 0.4) is 0 Å². The third-order valence-corrected chi connectivity index (χ3v) is 4.99. The van der Waals surface area contributed by atoms with Crippen LogP contribution in [0.2, 0.25) is 0 Å². The van der Waals surface area contributed by atoms with Gasteiger partial charge in [-0.2, -0.15) is 0 Å². The Hall–Kier alpha value is -0.160. The van der Waals surface area contributed by atoms with E-state index in [0.29, 0.717) is 18.6 Å². The molecule has 2 aliphatic carbocycles. The van der Waals surface area contributed by atoms with Gasteiger partial charge in [-0.3, -0.25) is 0 Å². The molecule has 2 saturated carbocycles. The SMILES string of the molecule is CCOCCN(C)CCC1CCCC1(CO)NC1CC1. The fourth-order valence-electron chi connectivity index (χ4n) is 3.50. The zero-order valence-corrected chi connectivity index (χ0v) is 13.2. The van der Waals surface area contributed by atoms with E-state index in [1.165, 1.54) is 32.1 Å². The number of nitrogens with one attached hydrogen (secondary N) is 1. The fraction of sp³-hybridized carbons (Fsp3) is 1.00.